The van der Waals surface area contributed by atoms with Gasteiger partial charge in [-0.25, -0.2) is 4.99 Å². The van der Waals surface area contributed by atoms with E-state index >= 15 is 0 Å². The maximum atomic E-state index is 5.40. The Morgan fingerprint density at radius 2 is 1.14 bits per heavy atom. The molecular weight excluding hydrogens is 697 g/mol. The van der Waals surface area contributed by atoms with Crippen molar-refractivity contribution >= 4 is 34.1 Å². The molecule has 8 aromatic rings. The summed E-state index contributed by atoms with van der Waals surface area (Å²) < 4.78 is 0. The molecule has 56 heavy (non-hydrogen) atoms. The normalized spacial score (nSPS) is 16.1. The lowest BCUT2D eigenvalue weighted by molar-refractivity contribution is 0.666. The Kier molecular flexibility index (Phi) is 7.55. The molecule has 0 saturated carbocycles. The average molecular weight is 735 g/mol. The quantitative estimate of drug-likeness (QED) is 0.190. The summed E-state index contributed by atoms with van der Waals surface area (Å²) in [6.45, 7) is 4.80. The largest absolute Gasteiger partial charge is 0.358 e. The summed E-state index contributed by atoms with van der Waals surface area (Å²) >= 11 is 1.84. The third-order valence-electron chi connectivity index (χ3n) is 11.9. The number of nitrogens with one attached hydrogen (secondary N) is 1. The van der Waals surface area contributed by atoms with Gasteiger partial charge in [0.05, 0.1) is 11.7 Å². The first-order valence-electron chi connectivity index (χ1n) is 19.4. The smallest absolute Gasteiger partial charge is 0.134 e. The molecule has 0 amide bonds. The summed E-state index contributed by atoms with van der Waals surface area (Å²) in [5, 5.41) is 6.46. The Hall–Kier alpha value is -6.42. The fourth-order valence-electron chi connectivity index (χ4n) is 9.16. The topological polar surface area (TPSA) is 24.4 Å². The first-order valence-corrected chi connectivity index (χ1v) is 20.2. The monoisotopic (exact) mass is 734 g/mol. The highest BCUT2D eigenvalue weighted by atomic mass is 32.2. The van der Waals surface area contributed by atoms with E-state index in [1.165, 1.54) is 81.8 Å². The van der Waals surface area contributed by atoms with E-state index in [0.717, 1.165) is 22.7 Å². The van der Waals surface area contributed by atoms with E-state index in [4.69, 9.17) is 4.99 Å². The molecule has 1 N–H and O–H groups in total. The van der Waals surface area contributed by atoms with Gasteiger partial charge < -0.3 is 5.32 Å². The Morgan fingerprint density at radius 3 is 1.96 bits per heavy atom. The zero-order chi connectivity index (χ0) is 37.4. The number of aliphatic imine (C=N–C) groups is 1. The van der Waals surface area contributed by atoms with Gasteiger partial charge >= 0.3 is 0 Å². The molecule has 0 bridgehead atoms. The molecule has 11 rings (SSSR count). The standard InChI is InChI=1S/C53H38N2S/c1-53(2)45-32-38(28-29-42(45)47-44(35-16-7-4-8-17-35)31-39-18-9-10-21-41(39)48(47)53)34-24-26-36(27-25-34)49-51-50(43-22-11-12-23-46(43)56-51)55-52(54-49)40-20-13-19-37(30-40)33-14-5-3-6-15-33/h3-32,50H,1-2H3,(H,54,55). The zero-order valence-electron chi connectivity index (χ0n) is 31.3. The van der Waals surface area contributed by atoms with Crippen LogP contribution in [0.25, 0.3) is 61.0 Å². The molecule has 0 spiro atoms. The molecule has 2 heterocycles. The molecule has 3 heteroatoms. The molecular formula is C53H38N2S. The van der Waals surface area contributed by atoms with Crippen molar-refractivity contribution in [1.29, 1.82) is 0 Å². The summed E-state index contributed by atoms with van der Waals surface area (Å²) in [4.78, 5) is 7.93. The molecule has 0 saturated heterocycles. The highest BCUT2D eigenvalue weighted by Gasteiger charge is 2.39. The number of benzene rings is 8. The van der Waals surface area contributed by atoms with E-state index < -0.39 is 0 Å². The van der Waals surface area contributed by atoms with Gasteiger partial charge in [0.15, 0.2) is 0 Å². The second-order valence-electron chi connectivity index (χ2n) is 15.6. The van der Waals surface area contributed by atoms with Crippen LogP contribution in [0.3, 0.4) is 0 Å². The number of nitrogens with zero attached hydrogens (tertiary/aromatic N) is 1. The minimum absolute atomic E-state index is 0.0520. The van der Waals surface area contributed by atoms with Gasteiger partial charge in [-0.2, -0.15) is 0 Å². The van der Waals surface area contributed by atoms with Crippen LogP contribution in [0, 0.1) is 0 Å². The first kappa shape index (κ1) is 33.0. The van der Waals surface area contributed by atoms with Gasteiger partial charge in [-0.05, 0) is 96.2 Å². The van der Waals surface area contributed by atoms with Gasteiger partial charge in [-0.15, -0.1) is 0 Å². The van der Waals surface area contributed by atoms with Crippen molar-refractivity contribution in [3.05, 3.63) is 215 Å². The summed E-state index contributed by atoms with van der Waals surface area (Å²) in [6.07, 6.45) is 0. The third-order valence-corrected chi connectivity index (χ3v) is 13.1. The Labute approximate surface area is 332 Å². The molecule has 2 aliphatic heterocycles. The Bertz CT molecular complexity index is 2920. The molecule has 1 unspecified atom stereocenters. The fourth-order valence-corrected chi connectivity index (χ4v) is 10.4. The maximum absolute atomic E-state index is 5.40. The minimum Gasteiger partial charge on any atom is -0.358 e. The van der Waals surface area contributed by atoms with Crippen LogP contribution in [-0.2, 0) is 5.41 Å². The molecule has 3 aliphatic rings. The van der Waals surface area contributed by atoms with E-state index in [-0.39, 0.29) is 11.5 Å². The summed E-state index contributed by atoms with van der Waals surface area (Å²) in [5.74, 6) is 0.899. The van der Waals surface area contributed by atoms with Crippen LogP contribution >= 0.6 is 11.8 Å². The van der Waals surface area contributed by atoms with Crippen LogP contribution in [0.5, 0.6) is 0 Å². The van der Waals surface area contributed by atoms with Crippen LogP contribution < -0.4 is 5.32 Å². The fraction of sp³-hybridized carbons (Fsp3) is 0.0755. The number of thioether (sulfide) groups is 1. The second kappa shape index (κ2) is 12.8. The molecule has 2 nitrogen and oxygen atoms in total. The van der Waals surface area contributed by atoms with Crippen molar-refractivity contribution in [2.45, 2.75) is 30.2 Å². The lowest BCUT2D eigenvalue weighted by Crippen LogP contribution is -2.32. The van der Waals surface area contributed by atoms with E-state index in [1.54, 1.807) is 0 Å². The molecule has 266 valence electrons. The van der Waals surface area contributed by atoms with E-state index in [0.29, 0.717) is 0 Å². The van der Waals surface area contributed by atoms with Gasteiger partial charge in [0.2, 0.25) is 0 Å². The molecule has 0 fully saturated rings. The minimum atomic E-state index is -0.167. The first-order chi connectivity index (χ1) is 27.5. The van der Waals surface area contributed by atoms with Crippen molar-refractivity contribution < 1.29 is 0 Å². The van der Waals surface area contributed by atoms with Crippen LogP contribution in [0.2, 0.25) is 0 Å². The lowest BCUT2D eigenvalue weighted by atomic mass is 9.79. The zero-order valence-corrected chi connectivity index (χ0v) is 32.1. The molecule has 1 aliphatic carbocycles. The molecule has 0 radical (unpaired) electrons. The molecule has 0 aromatic heterocycles. The van der Waals surface area contributed by atoms with Crippen molar-refractivity contribution in [1.82, 2.24) is 5.32 Å². The van der Waals surface area contributed by atoms with Crippen LogP contribution in [0.1, 0.15) is 47.7 Å². The van der Waals surface area contributed by atoms with E-state index in [9.17, 15) is 0 Å². The average Bonchev–Trinajstić information content (AvgIpc) is 3.75. The number of hydrogen-bond donors (Lipinski definition) is 1. The van der Waals surface area contributed by atoms with Crippen molar-refractivity contribution in [3.8, 4) is 44.5 Å². The lowest BCUT2D eigenvalue weighted by Gasteiger charge is -2.26. The summed E-state index contributed by atoms with van der Waals surface area (Å²) in [7, 11) is 0. The van der Waals surface area contributed by atoms with E-state index in [2.05, 4.69) is 201 Å². The van der Waals surface area contributed by atoms with Gasteiger partial charge in [0.1, 0.15) is 5.84 Å². The van der Waals surface area contributed by atoms with Crippen molar-refractivity contribution in [3.63, 3.8) is 0 Å². The Morgan fingerprint density at radius 1 is 0.518 bits per heavy atom. The SMILES string of the molecule is CC1(C)c2cc(-c3ccc(C4=C5Sc6ccccc6C5NC(c5cccc(-c6ccccc6)c5)=N4)cc3)ccc2-c2c(-c3ccccc3)cc3ccccc3c21. The van der Waals surface area contributed by atoms with Gasteiger partial charge in [0.25, 0.3) is 0 Å². The van der Waals surface area contributed by atoms with E-state index in [1.807, 2.05) is 11.8 Å². The summed E-state index contributed by atoms with van der Waals surface area (Å²) in [5.41, 5.74) is 17.2. The van der Waals surface area contributed by atoms with Crippen molar-refractivity contribution in [2.24, 2.45) is 4.99 Å². The van der Waals surface area contributed by atoms with Crippen LogP contribution in [0.4, 0.5) is 0 Å². The molecule has 1 atom stereocenters. The number of hydrogen-bond acceptors (Lipinski definition) is 3. The van der Waals surface area contributed by atoms with Gasteiger partial charge in [0, 0.05) is 26.3 Å². The molecule has 8 aromatic carbocycles. The van der Waals surface area contributed by atoms with Crippen molar-refractivity contribution in [2.75, 3.05) is 0 Å². The predicted octanol–water partition coefficient (Wildman–Crippen LogP) is 13.7. The highest BCUT2D eigenvalue weighted by Crippen LogP contribution is 2.56. The number of amidine groups is 1. The van der Waals surface area contributed by atoms with Gasteiger partial charge in [-0.3, -0.25) is 0 Å². The maximum Gasteiger partial charge on any atom is 0.134 e. The number of rotatable bonds is 5. The second-order valence-corrected chi connectivity index (χ2v) is 16.6. The number of fused-ring (bicyclic) bond motifs is 8. The third kappa shape index (κ3) is 5.22. The van der Waals surface area contributed by atoms with Gasteiger partial charge in [-0.1, -0.05) is 183 Å². The highest BCUT2D eigenvalue weighted by molar-refractivity contribution is 8.03. The van der Waals surface area contributed by atoms with Crippen LogP contribution in [0.15, 0.2) is 197 Å². The summed E-state index contributed by atoms with van der Waals surface area (Å²) in [6, 6.07) is 66.4. The Balaban J connectivity index is 0.992. The predicted molar refractivity (Wildman–Crippen MR) is 236 cm³/mol. The van der Waals surface area contributed by atoms with Crippen LogP contribution in [-0.4, -0.2) is 5.84 Å².